The highest BCUT2D eigenvalue weighted by atomic mass is 16.1. The van der Waals surface area contributed by atoms with Crippen molar-refractivity contribution in [3.63, 3.8) is 0 Å². The second-order valence-electron chi connectivity index (χ2n) is 5.24. The van der Waals surface area contributed by atoms with Crippen LogP contribution in [0.15, 0.2) is 48.9 Å². The van der Waals surface area contributed by atoms with E-state index in [0.29, 0.717) is 17.8 Å². The average molecular weight is 306 g/mol. The SMILES string of the molecule is Cn1c(CNC(=O)c2ccn3ncnc3c2)nc2ccccc21. The maximum atomic E-state index is 12.3. The van der Waals surface area contributed by atoms with Gasteiger partial charge >= 0.3 is 0 Å². The van der Waals surface area contributed by atoms with Crippen LogP contribution in [-0.4, -0.2) is 30.1 Å². The number of aromatic nitrogens is 5. The predicted octanol–water partition coefficient (Wildman–Crippen LogP) is 1.55. The Balaban J connectivity index is 1.55. The first-order valence-corrected chi connectivity index (χ1v) is 7.20. The van der Waals surface area contributed by atoms with E-state index in [1.165, 1.54) is 6.33 Å². The zero-order valence-electron chi connectivity index (χ0n) is 12.5. The number of benzene rings is 1. The minimum absolute atomic E-state index is 0.164. The highest BCUT2D eigenvalue weighted by Gasteiger charge is 2.11. The number of fused-ring (bicyclic) bond motifs is 2. The summed E-state index contributed by atoms with van der Waals surface area (Å²) in [5.41, 5.74) is 3.15. The Labute approximate surface area is 131 Å². The van der Waals surface area contributed by atoms with E-state index in [2.05, 4.69) is 20.4 Å². The van der Waals surface area contributed by atoms with Crippen molar-refractivity contribution in [2.24, 2.45) is 7.05 Å². The maximum absolute atomic E-state index is 12.3. The van der Waals surface area contributed by atoms with Crippen LogP contribution in [-0.2, 0) is 13.6 Å². The molecule has 0 radical (unpaired) electrons. The van der Waals surface area contributed by atoms with Gasteiger partial charge in [-0.05, 0) is 24.3 Å². The smallest absolute Gasteiger partial charge is 0.251 e. The van der Waals surface area contributed by atoms with Crippen molar-refractivity contribution in [1.29, 1.82) is 0 Å². The molecule has 0 fully saturated rings. The fourth-order valence-corrected chi connectivity index (χ4v) is 2.57. The molecule has 1 aromatic carbocycles. The number of para-hydroxylation sites is 2. The van der Waals surface area contributed by atoms with E-state index in [9.17, 15) is 4.79 Å². The third kappa shape index (κ3) is 2.32. The molecule has 0 atom stereocenters. The molecular weight excluding hydrogens is 292 g/mol. The lowest BCUT2D eigenvalue weighted by atomic mass is 10.2. The lowest BCUT2D eigenvalue weighted by Gasteiger charge is -2.06. The van der Waals surface area contributed by atoms with Gasteiger partial charge < -0.3 is 9.88 Å². The fourth-order valence-electron chi connectivity index (χ4n) is 2.57. The fraction of sp³-hybridized carbons (Fsp3) is 0.125. The Morgan fingerprint density at radius 3 is 3.00 bits per heavy atom. The monoisotopic (exact) mass is 306 g/mol. The van der Waals surface area contributed by atoms with E-state index in [1.807, 2.05) is 35.9 Å². The van der Waals surface area contributed by atoms with E-state index < -0.39 is 0 Å². The molecule has 7 nitrogen and oxygen atoms in total. The summed E-state index contributed by atoms with van der Waals surface area (Å²) in [6, 6.07) is 11.3. The minimum Gasteiger partial charge on any atom is -0.345 e. The molecule has 0 saturated heterocycles. The van der Waals surface area contributed by atoms with Gasteiger partial charge in [-0.3, -0.25) is 4.79 Å². The molecule has 0 aliphatic heterocycles. The van der Waals surface area contributed by atoms with Gasteiger partial charge in [0, 0.05) is 18.8 Å². The topological polar surface area (TPSA) is 77.1 Å². The van der Waals surface area contributed by atoms with E-state index >= 15 is 0 Å². The van der Waals surface area contributed by atoms with Gasteiger partial charge in [0.15, 0.2) is 5.65 Å². The number of hydrogen-bond donors (Lipinski definition) is 1. The Morgan fingerprint density at radius 2 is 2.13 bits per heavy atom. The minimum atomic E-state index is -0.164. The van der Waals surface area contributed by atoms with Crippen LogP contribution < -0.4 is 5.32 Å². The molecule has 0 spiro atoms. The number of imidazole rings is 1. The first-order valence-electron chi connectivity index (χ1n) is 7.20. The first-order chi connectivity index (χ1) is 11.2. The Kier molecular flexibility index (Phi) is 3.04. The van der Waals surface area contributed by atoms with Gasteiger partial charge in [-0.15, -0.1) is 0 Å². The quantitative estimate of drug-likeness (QED) is 0.623. The highest BCUT2D eigenvalue weighted by Crippen LogP contribution is 2.14. The Morgan fingerprint density at radius 1 is 1.26 bits per heavy atom. The molecular formula is C16H14N6O. The summed E-state index contributed by atoms with van der Waals surface area (Å²) in [6.45, 7) is 0.363. The van der Waals surface area contributed by atoms with Crippen LogP contribution in [0.5, 0.6) is 0 Å². The van der Waals surface area contributed by atoms with Crippen LogP contribution in [0.4, 0.5) is 0 Å². The third-order valence-electron chi connectivity index (χ3n) is 3.83. The molecule has 3 aromatic heterocycles. The molecule has 0 bridgehead atoms. The summed E-state index contributed by atoms with van der Waals surface area (Å²) in [7, 11) is 1.94. The van der Waals surface area contributed by atoms with Crippen LogP contribution in [0.2, 0.25) is 0 Å². The predicted molar refractivity (Wildman–Crippen MR) is 84.9 cm³/mol. The molecule has 3 heterocycles. The van der Waals surface area contributed by atoms with Gasteiger partial charge in [0.2, 0.25) is 0 Å². The summed E-state index contributed by atoms with van der Waals surface area (Å²) in [5, 5.41) is 6.90. The van der Waals surface area contributed by atoms with Crippen LogP contribution in [0.3, 0.4) is 0 Å². The zero-order chi connectivity index (χ0) is 15.8. The van der Waals surface area contributed by atoms with Crippen molar-refractivity contribution in [2.45, 2.75) is 6.54 Å². The number of amides is 1. The normalized spacial score (nSPS) is 11.2. The first kappa shape index (κ1) is 13.4. The molecule has 1 amide bonds. The van der Waals surface area contributed by atoms with E-state index in [0.717, 1.165) is 16.9 Å². The van der Waals surface area contributed by atoms with Crippen molar-refractivity contribution in [2.75, 3.05) is 0 Å². The van der Waals surface area contributed by atoms with Crippen molar-refractivity contribution in [3.05, 3.63) is 60.3 Å². The summed E-state index contributed by atoms with van der Waals surface area (Å²) >= 11 is 0. The maximum Gasteiger partial charge on any atom is 0.251 e. The van der Waals surface area contributed by atoms with Gasteiger partial charge in [0.1, 0.15) is 12.2 Å². The molecule has 4 aromatic rings. The molecule has 0 unspecified atom stereocenters. The van der Waals surface area contributed by atoms with Gasteiger partial charge in [0.05, 0.1) is 17.6 Å². The summed E-state index contributed by atoms with van der Waals surface area (Å²) in [4.78, 5) is 20.9. The highest BCUT2D eigenvalue weighted by molar-refractivity contribution is 5.94. The van der Waals surface area contributed by atoms with E-state index in [4.69, 9.17) is 0 Å². The van der Waals surface area contributed by atoms with Gasteiger partial charge in [-0.25, -0.2) is 14.5 Å². The molecule has 1 N–H and O–H groups in total. The Hall–Kier alpha value is -3.22. The van der Waals surface area contributed by atoms with Crippen LogP contribution >= 0.6 is 0 Å². The molecule has 0 aliphatic rings. The van der Waals surface area contributed by atoms with Crippen LogP contribution in [0, 0.1) is 0 Å². The Bertz CT molecular complexity index is 1020. The van der Waals surface area contributed by atoms with Crippen molar-refractivity contribution in [1.82, 2.24) is 29.5 Å². The number of aryl methyl sites for hydroxylation is 1. The lowest BCUT2D eigenvalue weighted by Crippen LogP contribution is -2.24. The summed E-state index contributed by atoms with van der Waals surface area (Å²) in [6.07, 6.45) is 3.17. The molecule has 4 rings (SSSR count). The largest absolute Gasteiger partial charge is 0.345 e. The van der Waals surface area contributed by atoms with Crippen molar-refractivity contribution in [3.8, 4) is 0 Å². The molecule has 23 heavy (non-hydrogen) atoms. The van der Waals surface area contributed by atoms with E-state index in [-0.39, 0.29) is 5.91 Å². The van der Waals surface area contributed by atoms with Gasteiger partial charge in [-0.1, -0.05) is 12.1 Å². The van der Waals surface area contributed by atoms with Gasteiger partial charge in [0.25, 0.3) is 5.91 Å². The van der Waals surface area contributed by atoms with Crippen LogP contribution in [0.1, 0.15) is 16.2 Å². The van der Waals surface area contributed by atoms with Gasteiger partial charge in [-0.2, -0.15) is 5.10 Å². The second kappa shape index (κ2) is 5.20. The number of nitrogens with zero attached hydrogens (tertiary/aromatic N) is 5. The number of carbonyl (C=O) groups is 1. The molecule has 7 heteroatoms. The van der Waals surface area contributed by atoms with E-state index in [1.54, 1.807) is 22.8 Å². The average Bonchev–Trinajstić information content (AvgIpc) is 3.17. The summed E-state index contributed by atoms with van der Waals surface area (Å²) in [5.74, 6) is 0.644. The zero-order valence-corrected chi connectivity index (χ0v) is 12.5. The number of nitrogens with one attached hydrogen (secondary N) is 1. The molecule has 0 aliphatic carbocycles. The number of rotatable bonds is 3. The van der Waals surface area contributed by atoms with Crippen LogP contribution in [0.25, 0.3) is 16.7 Å². The standard InChI is InChI=1S/C16H14N6O/c1-21-13-5-3-2-4-12(13)20-15(21)9-17-16(23)11-6-7-22-14(8-11)18-10-19-22/h2-8,10H,9H2,1H3,(H,17,23). The van der Waals surface area contributed by atoms with Crippen molar-refractivity contribution >= 4 is 22.6 Å². The number of hydrogen-bond acceptors (Lipinski definition) is 4. The lowest BCUT2D eigenvalue weighted by molar-refractivity contribution is 0.0949. The number of carbonyl (C=O) groups excluding carboxylic acids is 1. The second-order valence-corrected chi connectivity index (χ2v) is 5.24. The van der Waals surface area contributed by atoms with Crippen molar-refractivity contribution < 1.29 is 4.79 Å². The third-order valence-corrected chi connectivity index (χ3v) is 3.83. The molecule has 114 valence electrons. The molecule has 0 saturated carbocycles. The summed E-state index contributed by atoms with van der Waals surface area (Å²) < 4.78 is 3.60. The number of pyridine rings is 1.